The van der Waals surface area contributed by atoms with Crippen molar-refractivity contribution >= 4 is 11.6 Å². The van der Waals surface area contributed by atoms with Crippen molar-refractivity contribution in [1.29, 1.82) is 5.26 Å². The van der Waals surface area contributed by atoms with Crippen molar-refractivity contribution in [2.75, 3.05) is 0 Å². The monoisotopic (exact) mass is 194 g/mol. The van der Waals surface area contributed by atoms with Gasteiger partial charge in [-0.05, 0) is 5.56 Å². The first kappa shape index (κ1) is 10.0. The Kier molecular flexibility index (Phi) is 3.75. The molecule has 0 amide bonds. The van der Waals surface area contributed by atoms with E-state index in [0.29, 0.717) is 6.42 Å². The zero-order valence-electron chi connectivity index (χ0n) is 7.15. The quantitative estimate of drug-likeness (QED) is 0.593. The number of hydrogen-bond donors (Lipinski definition) is 1. The lowest BCUT2D eigenvalue weighted by molar-refractivity contribution is 0.669. The van der Waals surface area contributed by atoms with Crippen LogP contribution >= 0.6 is 11.6 Å². The highest BCUT2D eigenvalue weighted by molar-refractivity contribution is 6.20. The smallest absolute Gasteiger partial charge is 0.0879 e. The predicted molar refractivity (Wildman–Crippen MR) is 53.2 cm³/mol. The van der Waals surface area contributed by atoms with Gasteiger partial charge in [-0.2, -0.15) is 5.26 Å². The van der Waals surface area contributed by atoms with E-state index in [9.17, 15) is 0 Å². The number of hydrogen-bond acceptors (Lipinski definition) is 2. The molecule has 0 saturated carbocycles. The minimum absolute atomic E-state index is 0.0760. The fourth-order valence-corrected chi connectivity index (χ4v) is 1.45. The van der Waals surface area contributed by atoms with Crippen LogP contribution in [0.2, 0.25) is 0 Å². The normalized spacial score (nSPS) is 14.5. The number of nitrogens with zero attached hydrogens (tertiary/aromatic N) is 1. The lowest BCUT2D eigenvalue weighted by Gasteiger charge is -2.15. The van der Waals surface area contributed by atoms with Crippen LogP contribution in [0.4, 0.5) is 0 Å². The van der Waals surface area contributed by atoms with Crippen molar-refractivity contribution in [3.05, 3.63) is 35.9 Å². The summed E-state index contributed by atoms with van der Waals surface area (Å²) in [6.07, 6.45) is 0.356. The summed E-state index contributed by atoms with van der Waals surface area (Å²) < 4.78 is 0. The van der Waals surface area contributed by atoms with E-state index in [1.807, 2.05) is 30.3 Å². The number of nitriles is 1. The second-order valence-electron chi connectivity index (χ2n) is 2.82. The van der Waals surface area contributed by atoms with E-state index < -0.39 is 5.50 Å². The van der Waals surface area contributed by atoms with Crippen LogP contribution in [0.3, 0.4) is 0 Å². The van der Waals surface area contributed by atoms with Crippen molar-refractivity contribution in [1.82, 2.24) is 0 Å². The Hall–Kier alpha value is -1.04. The molecular weight excluding hydrogens is 184 g/mol. The second kappa shape index (κ2) is 4.86. The Labute approximate surface area is 82.9 Å². The van der Waals surface area contributed by atoms with Crippen LogP contribution in [-0.2, 0) is 0 Å². The lowest BCUT2D eigenvalue weighted by Crippen LogP contribution is -2.21. The van der Waals surface area contributed by atoms with Gasteiger partial charge in [0, 0.05) is 12.3 Å². The Morgan fingerprint density at radius 3 is 2.46 bits per heavy atom. The molecule has 0 bridgehead atoms. The first-order chi connectivity index (χ1) is 6.25. The Morgan fingerprint density at radius 1 is 1.38 bits per heavy atom. The standard InChI is InChI=1S/C10H11ClN2/c11-10(13)9(6-7-12)8-4-2-1-3-5-8/h1-5,9-10H,6,13H2. The average molecular weight is 195 g/mol. The molecule has 3 heteroatoms. The maximum Gasteiger partial charge on any atom is 0.0879 e. The second-order valence-corrected chi connectivity index (χ2v) is 3.33. The summed E-state index contributed by atoms with van der Waals surface area (Å²) >= 11 is 5.78. The molecule has 0 aliphatic carbocycles. The van der Waals surface area contributed by atoms with Gasteiger partial charge in [0.15, 0.2) is 0 Å². The average Bonchev–Trinajstić information content (AvgIpc) is 2.15. The molecule has 2 nitrogen and oxygen atoms in total. The first-order valence-corrected chi connectivity index (χ1v) is 4.51. The fraction of sp³-hybridized carbons (Fsp3) is 0.300. The van der Waals surface area contributed by atoms with E-state index in [4.69, 9.17) is 22.6 Å². The molecule has 0 aliphatic rings. The summed E-state index contributed by atoms with van der Waals surface area (Å²) in [4.78, 5) is 0. The molecule has 1 aromatic rings. The van der Waals surface area contributed by atoms with Crippen LogP contribution in [0.25, 0.3) is 0 Å². The van der Waals surface area contributed by atoms with E-state index in [1.54, 1.807) is 0 Å². The number of halogens is 1. The van der Waals surface area contributed by atoms with Crippen LogP contribution in [0.1, 0.15) is 17.9 Å². The molecule has 1 rings (SSSR count). The minimum atomic E-state index is -0.498. The van der Waals surface area contributed by atoms with Gasteiger partial charge in [-0.3, -0.25) is 0 Å². The highest BCUT2D eigenvalue weighted by Gasteiger charge is 2.16. The maximum atomic E-state index is 8.58. The Balaban J connectivity index is 2.84. The third-order valence-electron chi connectivity index (χ3n) is 1.92. The van der Waals surface area contributed by atoms with E-state index >= 15 is 0 Å². The SMILES string of the molecule is N#CCC(c1ccccc1)C(N)Cl. The number of benzene rings is 1. The largest absolute Gasteiger partial charge is 0.315 e. The first-order valence-electron chi connectivity index (χ1n) is 4.07. The predicted octanol–water partition coefficient (Wildman–Crippen LogP) is 2.21. The Bertz CT molecular complexity index is 290. The lowest BCUT2D eigenvalue weighted by atomic mass is 9.96. The Morgan fingerprint density at radius 2 is 2.00 bits per heavy atom. The number of nitrogens with two attached hydrogens (primary N) is 1. The van der Waals surface area contributed by atoms with Gasteiger partial charge in [0.05, 0.1) is 11.6 Å². The molecule has 0 aliphatic heterocycles. The molecule has 2 unspecified atom stereocenters. The van der Waals surface area contributed by atoms with Crippen molar-refractivity contribution < 1.29 is 0 Å². The molecular formula is C10H11ClN2. The molecule has 0 aromatic heterocycles. The van der Waals surface area contributed by atoms with Gasteiger partial charge in [-0.25, -0.2) is 0 Å². The van der Waals surface area contributed by atoms with Crippen LogP contribution in [0, 0.1) is 11.3 Å². The van der Waals surface area contributed by atoms with E-state index in [-0.39, 0.29) is 5.92 Å². The third kappa shape index (κ3) is 2.73. The zero-order valence-corrected chi connectivity index (χ0v) is 7.91. The molecule has 0 saturated heterocycles. The van der Waals surface area contributed by atoms with Crippen LogP contribution in [0.15, 0.2) is 30.3 Å². The summed E-state index contributed by atoms with van der Waals surface area (Å²) in [6.45, 7) is 0. The highest BCUT2D eigenvalue weighted by Crippen LogP contribution is 2.23. The summed E-state index contributed by atoms with van der Waals surface area (Å²) in [5.74, 6) is -0.0760. The number of alkyl halides is 1. The van der Waals surface area contributed by atoms with Gasteiger partial charge in [-0.15, -0.1) is 11.6 Å². The van der Waals surface area contributed by atoms with Crippen molar-refractivity contribution in [3.63, 3.8) is 0 Å². The molecule has 2 N–H and O–H groups in total. The van der Waals surface area contributed by atoms with Gasteiger partial charge < -0.3 is 5.73 Å². The van der Waals surface area contributed by atoms with Gasteiger partial charge in [-0.1, -0.05) is 30.3 Å². The van der Waals surface area contributed by atoms with Gasteiger partial charge >= 0.3 is 0 Å². The molecule has 0 fully saturated rings. The summed E-state index contributed by atoms with van der Waals surface area (Å²) in [7, 11) is 0. The van der Waals surface area contributed by atoms with Crippen LogP contribution in [0.5, 0.6) is 0 Å². The van der Waals surface area contributed by atoms with Crippen molar-refractivity contribution in [2.45, 2.75) is 17.8 Å². The summed E-state index contributed by atoms with van der Waals surface area (Å²) in [6, 6.07) is 11.7. The molecule has 0 heterocycles. The van der Waals surface area contributed by atoms with E-state index in [0.717, 1.165) is 5.56 Å². The van der Waals surface area contributed by atoms with Gasteiger partial charge in [0.25, 0.3) is 0 Å². The maximum absolute atomic E-state index is 8.58. The van der Waals surface area contributed by atoms with Crippen LogP contribution < -0.4 is 5.73 Å². The van der Waals surface area contributed by atoms with Crippen molar-refractivity contribution in [2.24, 2.45) is 5.73 Å². The topological polar surface area (TPSA) is 49.8 Å². The zero-order chi connectivity index (χ0) is 9.68. The van der Waals surface area contributed by atoms with E-state index in [1.165, 1.54) is 0 Å². The summed E-state index contributed by atoms with van der Waals surface area (Å²) in [5.41, 5.74) is 6.09. The molecule has 68 valence electrons. The fourth-order valence-electron chi connectivity index (χ4n) is 1.21. The molecule has 2 atom stereocenters. The molecule has 0 radical (unpaired) electrons. The molecule has 0 spiro atoms. The van der Waals surface area contributed by atoms with Crippen molar-refractivity contribution in [3.8, 4) is 6.07 Å². The molecule has 13 heavy (non-hydrogen) atoms. The summed E-state index contributed by atoms with van der Waals surface area (Å²) in [5, 5.41) is 8.58. The third-order valence-corrected chi connectivity index (χ3v) is 2.23. The molecule has 1 aromatic carbocycles. The van der Waals surface area contributed by atoms with E-state index in [2.05, 4.69) is 6.07 Å². The van der Waals surface area contributed by atoms with Gasteiger partial charge in [0.2, 0.25) is 0 Å². The minimum Gasteiger partial charge on any atom is -0.315 e. The van der Waals surface area contributed by atoms with Gasteiger partial charge in [0.1, 0.15) is 0 Å². The highest BCUT2D eigenvalue weighted by atomic mass is 35.5. The van der Waals surface area contributed by atoms with Crippen LogP contribution in [-0.4, -0.2) is 5.50 Å². The number of rotatable bonds is 3.